The highest BCUT2D eigenvalue weighted by molar-refractivity contribution is 7.14. The molecule has 0 spiro atoms. The number of nitrogens with zero attached hydrogens (tertiary/aromatic N) is 1. The Labute approximate surface area is 171 Å². The van der Waals surface area contributed by atoms with Crippen molar-refractivity contribution < 1.29 is 19.1 Å². The minimum Gasteiger partial charge on any atom is -0.493 e. The van der Waals surface area contributed by atoms with Gasteiger partial charge in [-0.15, -0.1) is 11.3 Å². The number of benzene rings is 2. The predicted molar refractivity (Wildman–Crippen MR) is 110 cm³/mol. The van der Waals surface area contributed by atoms with Crippen molar-refractivity contribution in [2.75, 3.05) is 11.9 Å². The molecule has 8 heteroatoms. The second-order valence-electron chi connectivity index (χ2n) is 6.51. The molecule has 1 aromatic heterocycles. The standard InChI is InChI=1S/C21H19N3O4S/c1-13(25)22-17-9-10-27-19-8-7-14(11-16(17)19)18-12-29-20(23-18)24-21(26)28-15-5-3-2-4-6-15/h2-8,11-12,17H,9-10H2,1H3,(H,22,25)(H,23,24,26). The summed E-state index contributed by atoms with van der Waals surface area (Å²) in [7, 11) is 0. The lowest BCUT2D eigenvalue weighted by Gasteiger charge is -2.26. The number of carbonyl (C=O) groups excluding carboxylic acids is 2. The highest BCUT2D eigenvalue weighted by Gasteiger charge is 2.23. The van der Waals surface area contributed by atoms with E-state index in [1.807, 2.05) is 29.6 Å². The zero-order valence-electron chi connectivity index (χ0n) is 15.7. The molecular formula is C21H19N3O4S. The van der Waals surface area contributed by atoms with E-state index in [1.54, 1.807) is 24.3 Å². The van der Waals surface area contributed by atoms with Gasteiger partial charge in [-0.3, -0.25) is 10.1 Å². The van der Waals surface area contributed by atoms with Crippen molar-refractivity contribution in [3.8, 4) is 22.8 Å². The van der Waals surface area contributed by atoms with Crippen LogP contribution in [0.25, 0.3) is 11.3 Å². The number of hydrogen-bond acceptors (Lipinski definition) is 6. The lowest BCUT2D eigenvalue weighted by molar-refractivity contribution is -0.119. The third kappa shape index (κ3) is 4.55. The first-order valence-electron chi connectivity index (χ1n) is 9.12. The SMILES string of the molecule is CC(=O)NC1CCOc2ccc(-c3csc(NC(=O)Oc4ccccc4)n3)cc21. The van der Waals surface area contributed by atoms with Gasteiger partial charge in [0.25, 0.3) is 0 Å². The molecule has 0 aliphatic carbocycles. The molecule has 2 N–H and O–H groups in total. The Balaban J connectivity index is 1.49. The molecule has 29 heavy (non-hydrogen) atoms. The Kier molecular flexibility index (Phi) is 5.44. The monoisotopic (exact) mass is 409 g/mol. The number of carbonyl (C=O) groups is 2. The first-order valence-corrected chi connectivity index (χ1v) is 10.00. The highest BCUT2D eigenvalue weighted by Crippen LogP contribution is 2.36. The summed E-state index contributed by atoms with van der Waals surface area (Å²) in [6.45, 7) is 2.07. The average molecular weight is 409 g/mol. The van der Waals surface area contributed by atoms with E-state index in [1.165, 1.54) is 18.3 Å². The van der Waals surface area contributed by atoms with E-state index in [4.69, 9.17) is 9.47 Å². The summed E-state index contributed by atoms with van der Waals surface area (Å²) in [5.41, 5.74) is 2.53. The number of fused-ring (bicyclic) bond motifs is 1. The van der Waals surface area contributed by atoms with Gasteiger partial charge in [-0.05, 0) is 30.3 Å². The maximum absolute atomic E-state index is 12.0. The molecule has 2 aromatic carbocycles. The van der Waals surface area contributed by atoms with E-state index in [0.717, 1.165) is 22.6 Å². The molecule has 148 valence electrons. The van der Waals surface area contributed by atoms with E-state index in [0.29, 0.717) is 23.9 Å². The summed E-state index contributed by atoms with van der Waals surface area (Å²) < 4.78 is 10.9. The number of aromatic nitrogens is 1. The van der Waals surface area contributed by atoms with Gasteiger partial charge in [-0.25, -0.2) is 9.78 Å². The number of thiazole rings is 1. The van der Waals surface area contributed by atoms with Crippen molar-refractivity contribution in [2.45, 2.75) is 19.4 Å². The Morgan fingerprint density at radius 1 is 1.21 bits per heavy atom. The molecule has 4 rings (SSSR count). The van der Waals surface area contributed by atoms with Gasteiger partial charge in [0, 0.05) is 29.9 Å². The zero-order valence-corrected chi connectivity index (χ0v) is 16.5. The van der Waals surface area contributed by atoms with E-state index in [2.05, 4.69) is 15.6 Å². The molecule has 1 atom stereocenters. The van der Waals surface area contributed by atoms with Crippen LogP contribution < -0.4 is 20.1 Å². The Morgan fingerprint density at radius 3 is 2.83 bits per heavy atom. The van der Waals surface area contributed by atoms with Crippen molar-refractivity contribution in [3.63, 3.8) is 0 Å². The third-order valence-corrected chi connectivity index (χ3v) is 5.15. The van der Waals surface area contributed by atoms with Gasteiger partial charge in [0.05, 0.1) is 18.3 Å². The maximum atomic E-state index is 12.0. The molecule has 7 nitrogen and oxygen atoms in total. The lowest BCUT2D eigenvalue weighted by Crippen LogP contribution is -2.30. The molecule has 0 fully saturated rings. The summed E-state index contributed by atoms with van der Waals surface area (Å²) in [5.74, 6) is 1.14. The number of anilines is 1. The van der Waals surface area contributed by atoms with Crippen molar-refractivity contribution >= 4 is 28.5 Å². The smallest absolute Gasteiger partial charge is 0.418 e. The van der Waals surface area contributed by atoms with E-state index >= 15 is 0 Å². The summed E-state index contributed by atoms with van der Waals surface area (Å²) in [6.07, 6.45) is 0.118. The molecular weight excluding hydrogens is 390 g/mol. The number of nitrogens with one attached hydrogen (secondary N) is 2. The molecule has 2 heterocycles. The normalized spacial score (nSPS) is 15.0. The molecule has 1 aliphatic rings. The van der Waals surface area contributed by atoms with Crippen molar-refractivity contribution in [3.05, 3.63) is 59.5 Å². The topological polar surface area (TPSA) is 89.6 Å². The molecule has 0 saturated heterocycles. The van der Waals surface area contributed by atoms with Gasteiger partial charge in [-0.2, -0.15) is 0 Å². The fraction of sp³-hybridized carbons (Fsp3) is 0.190. The molecule has 0 bridgehead atoms. The second-order valence-corrected chi connectivity index (χ2v) is 7.37. The van der Waals surface area contributed by atoms with Gasteiger partial charge < -0.3 is 14.8 Å². The fourth-order valence-electron chi connectivity index (χ4n) is 3.12. The summed E-state index contributed by atoms with van der Waals surface area (Å²) in [4.78, 5) is 28.0. The number of para-hydroxylation sites is 1. The largest absolute Gasteiger partial charge is 0.493 e. The van der Waals surface area contributed by atoms with Gasteiger partial charge in [-0.1, -0.05) is 18.2 Å². The summed E-state index contributed by atoms with van der Waals surface area (Å²) in [5, 5.41) is 7.90. The number of hydrogen-bond donors (Lipinski definition) is 2. The highest BCUT2D eigenvalue weighted by atomic mass is 32.1. The van der Waals surface area contributed by atoms with E-state index in [-0.39, 0.29) is 11.9 Å². The van der Waals surface area contributed by atoms with E-state index < -0.39 is 6.09 Å². The number of ether oxygens (including phenoxy) is 2. The molecule has 0 saturated carbocycles. The summed E-state index contributed by atoms with van der Waals surface area (Å²) >= 11 is 1.31. The fourth-order valence-corrected chi connectivity index (χ4v) is 3.83. The Hall–Kier alpha value is -3.39. The minimum atomic E-state index is -0.596. The zero-order chi connectivity index (χ0) is 20.2. The van der Waals surface area contributed by atoms with Gasteiger partial charge in [0.1, 0.15) is 11.5 Å². The first kappa shape index (κ1) is 18.9. The van der Waals surface area contributed by atoms with Crippen LogP contribution in [0, 0.1) is 0 Å². The van der Waals surface area contributed by atoms with Crippen LogP contribution in [0.2, 0.25) is 0 Å². The minimum absolute atomic E-state index is 0.0784. The summed E-state index contributed by atoms with van der Waals surface area (Å²) in [6, 6.07) is 14.5. The van der Waals surface area contributed by atoms with Crippen LogP contribution >= 0.6 is 11.3 Å². The van der Waals surface area contributed by atoms with Crippen molar-refractivity contribution in [1.82, 2.24) is 10.3 Å². The predicted octanol–water partition coefficient (Wildman–Crippen LogP) is 4.38. The van der Waals surface area contributed by atoms with Gasteiger partial charge in [0.2, 0.25) is 5.91 Å². The Bertz CT molecular complexity index is 1040. The lowest BCUT2D eigenvalue weighted by atomic mass is 9.97. The van der Waals surface area contributed by atoms with Crippen LogP contribution in [0.4, 0.5) is 9.93 Å². The van der Waals surface area contributed by atoms with Crippen molar-refractivity contribution in [2.24, 2.45) is 0 Å². The molecule has 1 unspecified atom stereocenters. The number of amides is 2. The van der Waals surface area contributed by atoms with Crippen LogP contribution in [-0.2, 0) is 4.79 Å². The number of rotatable bonds is 4. The van der Waals surface area contributed by atoms with Gasteiger partial charge >= 0.3 is 6.09 Å². The van der Waals surface area contributed by atoms with Gasteiger partial charge in [0.15, 0.2) is 5.13 Å². The van der Waals surface area contributed by atoms with E-state index in [9.17, 15) is 9.59 Å². The molecule has 3 aromatic rings. The molecule has 0 radical (unpaired) electrons. The van der Waals surface area contributed by atoms with Crippen molar-refractivity contribution in [1.29, 1.82) is 0 Å². The quantitative estimate of drug-likeness (QED) is 0.667. The molecule has 1 aliphatic heterocycles. The van der Waals surface area contributed by atoms with Crippen LogP contribution in [-0.4, -0.2) is 23.6 Å². The van der Waals surface area contributed by atoms with Crippen LogP contribution in [0.1, 0.15) is 24.9 Å². The Morgan fingerprint density at radius 2 is 2.03 bits per heavy atom. The van der Waals surface area contributed by atoms with Crippen LogP contribution in [0.5, 0.6) is 11.5 Å². The first-order chi connectivity index (χ1) is 14.1. The second kappa shape index (κ2) is 8.32. The average Bonchev–Trinajstić information content (AvgIpc) is 3.16. The third-order valence-electron chi connectivity index (χ3n) is 4.39. The molecule has 2 amide bonds. The maximum Gasteiger partial charge on any atom is 0.418 e. The van der Waals surface area contributed by atoms with Crippen LogP contribution in [0.15, 0.2) is 53.9 Å². The van der Waals surface area contributed by atoms with Crippen LogP contribution in [0.3, 0.4) is 0 Å².